The molecule has 1 aliphatic rings. The van der Waals surface area contributed by atoms with Crippen LogP contribution in [0, 0.1) is 13.8 Å². The molecule has 9 heteroatoms. The quantitative estimate of drug-likeness (QED) is 0.369. The molecule has 27 heavy (non-hydrogen) atoms. The Morgan fingerprint density at radius 3 is 2.81 bits per heavy atom. The van der Waals surface area contributed by atoms with Crippen LogP contribution in [0.25, 0.3) is 0 Å². The monoisotopic (exact) mass is 487 g/mol. The van der Waals surface area contributed by atoms with Gasteiger partial charge in [-0.05, 0) is 33.6 Å². The van der Waals surface area contributed by atoms with Crippen LogP contribution in [-0.2, 0) is 25.8 Å². The smallest absolute Gasteiger partial charge is 0.191 e. The van der Waals surface area contributed by atoms with Gasteiger partial charge in [-0.3, -0.25) is 4.99 Å². The highest BCUT2D eigenvalue weighted by Gasteiger charge is 2.22. The topological polar surface area (TPSA) is 93.2 Å². The number of fused-ring (bicyclic) bond motifs is 1. The fourth-order valence-electron chi connectivity index (χ4n) is 3.28. The molecular formula is C18H30IN7O. The Bertz CT molecular complexity index is 748. The number of rotatable bonds is 6. The lowest BCUT2D eigenvalue weighted by molar-refractivity contribution is 0.391. The van der Waals surface area contributed by atoms with Gasteiger partial charge in [-0.1, -0.05) is 12.1 Å². The molecule has 1 aliphatic heterocycles. The van der Waals surface area contributed by atoms with Crippen molar-refractivity contribution in [3.05, 3.63) is 28.7 Å². The summed E-state index contributed by atoms with van der Waals surface area (Å²) in [6, 6.07) is 0.311. The summed E-state index contributed by atoms with van der Waals surface area (Å²) < 4.78 is 7.26. The zero-order valence-electron chi connectivity index (χ0n) is 16.6. The van der Waals surface area contributed by atoms with E-state index in [0.29, 0.717) is 12.6 Å². The number of aliphatic imine (C=N–C) groups is 1. The minimum absolute atomic E-state index is 0. The average molecular weight is 487 g/mol. The summed E-state index contributed by atoms with van der Waals surface area (Å²) in [5, 5.41) is 15.5. The molecule has 0 radical (unpaired) electrons. The molecule has 1 atom stereocenters. The second-order valence-corrected chi connectivity index (χ2v) is 6.67. The molecule has 2 N–H and O–H groups in total. The van der Waals surface area contributed by atoms with E-state index in [4.69, 9.17) is 9.52 Å². The number of halogens is 1. The van der Waals surface area contributed by atoms with Crippen LogP contribution in [0.3, 0.4) is 0 Å². The lowest BCUT2D eigenvalue weighted by Gasteiger charge is -2.25. The van der Waals surface area contributed by atoms with Crippen LogP contribution in [0.15, 0.2) is 9.52 Å². The molecule has 150 valence electrons. The molecular weight excluding hydrogens is 457 g/mol. The number of hydrogen-bond acceptors (Lipinski definition) is 5. The number of guanidine groups is 1. The SMILES string of the molecule is CCNC(=NCCc1c(C)noc1C)NC1CCc2nc(CC)nn2C1.I. The van der Waals surface area contributed by atoms with Crippen molar-refractivity contribution >= 4 is 29.9 Å². The van der Waals surface area contributed by atoms with Crippen molar-refractivity contribution in [3.63, 3.8) is 0 Å². The zero-order chi connectivity index (χ0) is 18.5. The Hall–Kier alpha value is -1.65. The summed E-state index contributed by atoms with van der Waals surface area (Å²) in [7, 11) is 0. The molecule has 0 aromatic carbocycles. The Kier molecular flexibility index (Phi) is 8.06. The van der Waals surface area contributed by atoms with E-state index in [9.17, 15) is 0 Å². The molecule has 0 spiro atoms. The van der Waals surface area contributed by atoms with E-state index in [1.807, 2.05) is 18.5 Å². The molecule has 2 aromatic rings. The first-order chi connectivity index (χ1) is 12.6. The third-order valence-corrected chi connectivity index (χ3v) is 4.72. The second-order valence-electron chi connectivity index (χ2n) is 6.67. The Labute approximate surface area is 177 Å². The van der Waals surface area contributed by atoms with Crippen LogP contribution >= 0.6 is 24.0 Å². The van der Waals surface area contributed by atoms with Crippen molar-refractivity contribution in [2.75, 3.05) is 13.1 Å². The fourth-order valence-corrected chi connectivity index (χ4v) is 3.28. The van der Waals surface area contributed by atoms with E-state index in [2.05, 4.69) is 39.7 Å². The van der Waals surface area contributed by atoms with E-state index < -0.39 is 0 Å². The molecule has 1 unspecified atom stereocenters. The Balaban J connectivity index is 0.00000261. The van der Waals surface area contributed by atoms with Gasteiger partial charge in [0.05, 0.1) is 12.2 Å². The Morgan fingerprint density at radius 1 is 1.33 bits per heavy atom. The van der Waals surface area contributed by atoms with Crippen LogP contribution < -0.4 is 10.6 Å². The van der Waals surface area contributed by atoms with Crippen LogP contribution in [0.2, 0.25) is 0 Å². The fraction of sp³-hybridized carbons (Fsp3) is 0.667. The van der Waals surface area contributed by atoms with Crippen LogP contribution in [0.4, 0.5) is 0 Å². The summed E-state index contributed by atoms with van der Waals surface area (Å²) in [6.07, 6.45) is 3.69. The molecule has 2 aromatic heterocycles. The van der Waals surface area contributed by atoms with Crippen LogP contribution in [0.5, 0.6) is 0 Å². The number of aromatic nitrogens is 4. The van der Waals surface area contributed by atoms with Gasteiger partial charge in [0.1, 0.15) is 11.6 Å². The molecule has 3 rings (SSSR count). The van der Waals surface area contributed by atoms with Gasteiger partial charge in [0.2, 0.25) is 0 Å². The molecule has 0 saturated heterocycles. The third kappa shape index (κ3) is 5.43. The first-order valence-corrected chi connectivity index (χ1v) is 9.49. The van der Waals surface area contributed by atoms with Crippen molar-refractivity contribution in [1.29, 1.82) is 0 Å². The summed E-state index contributed by atoms with van der Waals surface area (Å²) in [5.74, 6) is 3.76. The molecule has 0 saturated carbocycles. The number of nitrogens with zero attached hydrogens (tertiary/aromatic N) is 5. The molecule has 0 amide bonds. The first-order valence-electron chi connectivity index (χ1n) is 9.49. The van der Waals surface area contributed by atoms with Crippen molar-refractivity contribution < 1.29 is 4.52 Å². The highest BCUT2D eigenvalue weighted by molar-refractivity contribution is 14.0. The molecule has 3 heterocycles. The minimum atomic E-state index is 0. The average Bonchev–Trinajstić information content (AvgIpc) is 3.18. The maximum absolute atomic E-state index is 5.22. The van der Waals surface area contributed by atoms with Gasteiger partial charge < -0.3 is 15.2 Å². The number of hydrogen-bond donors (Lipinski definition) is 2. The zero-order valence-corrected chi connectivity index (χ0v) is 18.9. The highest BCUT2D eigenvalue weighted by Crippen LogP contribution is 2.14. The maximum atomic E-state index is 5.22. The van der Waals surface area contributed by atoms with Crippen molar-refractivity contribution in [1.82, 2.24) is 30.6 Å². The predicted octanol–water partition coefficient (Wildman–Crippen LogP) is 2.18. The summed E-state index contributed by atoms with van der Waals surface area (Å²) in [5.41, 5.74) is 2.11. The van der Waals surface area contributed by atoms with E-state index in [0.717, 1.165) is 73.4 Å². The van der Waals surface area contributed by atoms with Gasteiger partial charge >= 0.3 is 0 Å². The van der Waals surface area contributed by atoms with Gasteiger partial charge in [-0.25, -0.2) is 9.67 Å². The standard InChI is InChI=1S/C18H29N7O.HI/c1-5-16-22-17-8-7-14(11-25(17)23-16)21-18(19-6-2)20-10-9-15-12(3)24-26-13(15)4;/h14H,5-11H2,1-4H3,(H2,19,20,21);1H. The van der Waals surface area contributed by atoms with Crippen LogP contribution in [0.1, 0.15) is 48.9 Å². The van der Waals surface area contributed by atoms with E-state index in [1.54, 1.807) is 0 Å². The predicted molar refractivity (Wildman–Crippen MR) is 116 cm³/mol. The Morgan fingerprint density at radius 2 is 2.15 bits per heavy atom. The van der Waals surface area contributed by atoms with Crippen molar-refractivity contribution in [2.24, 2.45) is 4.99 Å². The minimum Gasteiger partial charge on any atom is -0.361 e. The molecule has 0 aliphatic carbocycles. The number of nitrogens with one attached hydrogen (secondary N) is 2. The normalized spacial score (nSPS) is 16.6. The van der Waals surface area contributed by atoms with Crippen molar-refractivity contribution in [2.45, 2.75) is 66.0 Å². The van der Waals surface area contributed by atoms with Gasteiger partial charge in [0.25, 0.3) is 0 Å². The van der Waals surface area contributed by atoms with E-state index >= 15 is 0 Å². The van der Waals surface area contributed by atoms with Gasteiger partial charge in [-0.15, -0.1) is 24.0 Å². The molecule has 8 nitrogen and oxygen atoms in total. The van der Waals surface area contributed by atoms with Gasteiger partial charge in [0, 0.05) is 37.5 Å². The van der Waals surface area contributed by atoms with E-state index in [1.165, 1.54) is 0 Å². The highest BCUT2D eigenvalue weighted by atomic mass is 127. The van der Waals surface area contributed by atoms with Crippen LogP contribution in [-0.4, -0.2) is 45.0 Å². The first kappa shape index (κ1) is 21.6. The summed E-state index contributed by atoms with van der Waals surface area (Å²) in [4.78, 5) is 9.30. The van der Waals surface area contributed by atoms with Gasteiger partial charge in [0.15, 0.2) is 11.8 Å². The van der Waals surface area contributed by atoms with Crippen molar-refractivity contribution in [3.8, 4) is 0 Å². The summed E-state index contributed by atoms with van der Waals surface area (Å²) >= 11 is 0. The lowest BCUT2D eigenvalue weighted by Crippen LogP contribution is -2.47. The van der Waals surface area contributed by atoms with Gasteiger partial charge in [-0.2, -0.15) is 5.10 Å². The van der Waals surface area contributed by atoms with E-state index in [-0.39, 0.29) is 24.0 Å². The molecule has 0 bridgehead atoms. The summed E-state index contributed by atoms with van der Waals surface area (Å²) in [6.45, 7) is 10.4. The number of aryl methyl sites for hydroxylation is 4. The maximum Gasteiger partial charge on any atom is 0.191 e. The largest absolute Gasteiger partial charge is 0.361 e. The second kappa shape index (κ2) is 10.0. The molecule has 0 fully saturated rings. The third-order valence-electron chi connectivity index (χ3n) is 4.72. The lowest BCUT2D eigenvalue weighted by atomic mass is 10.1.